The van der Waals surface area contributed by atoms with Gasteiger partial charge in [-0.05, 0) is 73.5 Å². The SMILES string of the molecule is CCCCCc1c2nc(c(C(=O)O)c3nc(cc4ccc(cc5ccc1[nH]5)[nH]4)C=C3)C=C2. The molecule has 3 aromatic heterocycles. The maximum atomic E-state index is 12.1. The van der Waals surface area contributed by atoms with Crippen LogP contribution in [0.3, 0.4) is 0 Å². The molecule has 3 N–H and O–H groups in total. The van der Waals surface area contributed by atoms with Gasteiger partial charge >= 0.3 is 5.97 Å². The first kappa shape index (κ1) is 20.0. The fourth-order valence-corrected chi connectivity index (χ4v) is 4.17. The minimum Gasteiger partial charge on any atom is -0.478 e. The summed E-state index contributed by atoms with van der Waals surface area (Å²) in [6.45, 7) is 2.18. The van der Waals surface area contributed by atoms with E-state index in [1.54, 1.807) is 12.2 Å². The van der Waals surface area contributed by atoms with Gasteiger partial charge in [0.1, 0.15) is 5.56 Å². The van der Waals surface area contributed by atoms with E-state index in [1.165, 1.54) is 0 Å². The molecule has 0 aliphatic carbocycles. The molecule has 0 saturated heterocycles. The highest BCUT2D eigenvalue weighted by molar-refractivity contribution is 5.98. The highest BCUT2D eigenvalue weighted by Crippen LogP contribution is 2.25. The lowest BCUT2D eigenvalue weighted by Gasteiger charge is -2.03. The number of carboxylic acids is 1. The van der Waals surface area contributed by atoms with Gasteiger partial charge in [-0.1, -0.05) is 19.8 Å². The zero-order chi connectivity index (χ0) is 22.1. The Hall–Kier alpha value is -3.93. The molecule has 2 aliphatic heterocycles. The fourth-order valence-electron chi connectivity index (χ4n) is 4.17. The molecule has 0 spiro atoms. The number of hydrogen-bond donors (Lipinski definition) is 3. The second-order valence-electron chi connectivity index (χ2n) is 8.07. The third-order valence-electron chi connectivity index (χ3n) is 5.75. The van der Waals surface area contributed by atoms with Gasteiger partial charge in [0.25, 0.3) is 0 Å². The van der Waals surface area contributed by atoms with E-state index < -0.39 is 5.97 Å². The summed E-state index contributed by atoms with van der Waals surface area (Å²) in [7, 11) is 0. The second-order valence-corrected chi connectivity index (χ2v) is 8.07. The first-order valence-corrected chi connectivity index (χ1v) is 10.9. The van der Waals surface area contributed by atoms with Gasteiger partial charge < -0.3 is 15.1 Å². The average Bonchev–Trinajstić information content (AvgIpc) is 3.55. The maximum Gasteiger partial charge on any atom is 0.340 e. The van der Waals surface area contributed by atoms with Crippen molar-refractivity contribution in [1.29, 1.82) is 0 Å². The minimum atomic E-state index is -1.04. The Labute approximate surface area is 185 Å². The minimum absolute atomic E-state index is 0.114. The average molecular weight is 425 g/mol. The van der Waals surface area contributed by atoms with E-state index in [9.17, 15) is 9.90 Å². The van der Waals surface area contributed by atoms with Crippen molar-refractivity contribution in [3.05, 3.63) is 70.3 Å². The number of aryl methyl sites for hydroxylation is 1. The van der Waals surface area contributed by atoms with Gasteiger partial charge in [0, 0.05) is 27.6 Å². The van der Waals surface area contributed by atoms with Crippen LogP contribution in [-0.4, -0.2) is 31.0 Å². The number of aromatic carboxylic acids is 1. The van der Waals surface area contributed by atoms with Gasteiger partial charge in [0.2, 0.25) is 0 Å². The summed E-state index contributed by atoms with van der Waals surface area (Å²) in [5.41, 5.74) is 7.42. The number of nitrogens with one attached hydrogen (secondary N) is 2. The Morgan fingerprint density at radius 3 is 2.34 bits per heavy atom. The van der Waals surface area contributed by atoms with Gasteiger partial charge in [0.05, 0.1) is 22.8 Å². The molecule has 5 rings (SSSR count). The molecule has 32 heavy (non-hydrogen) atoms. The van der Waals surface area contributed by atoms with Crippen molar-refractivity contribution in [3.63, 3.8) is 0 Å². The summed E-state index contributed by atoms with van der Waals surface area (Å²) in [5.74, 6) is -1.04. The molecule has 0 radical (unpaired) electrons. The van der Waals surface area contributed by atoms with Gasteiger partial charge in [-0.3, -0.25) is 0 Å². The van der Waals surface area contributed by atoms with Crippen molar-refractivity contribution >= 4 is 52.3 Å². The monoisotopic (exact) mass is 424 g/mol. The molecule has 3 aromatic rings. The molecule has 6 nitrogen and oxygen atoms in total. The van der Waals surface area contributed by atoms with E-state index in [1.807, 2.05) is 30.4 Å². The molecule has 0 fully saturated rings. The maximum absolute atomic E-state index is 12.1. The summed E-state index contributed by atoms with van der Waals surface area (Å²) in [4.78, 5) is 28.3. The van der Waals surface area contributed by atoms with Gasteiger partial charge in [-0.25, -0.2) is 14.8 Å². The van der Waals surface area contributed by atoms with Crippen molar-refractivity contribution in [2.45, 2.75) is 32.6 Å². The number of H-pyrrole nitrogens is 2. The molecular weight excluding hydrogens is 400 g/mol. The Bertz CT molecular complexity index is 1420. The number of unbranched alkanes of at least 4 members (excludes halogenated alkanes) is 2. The largest absolute Gasteiger partial charge is 0.478 e. The number of hydrogen-bond acceptors (Lipinski definition) is 3. The number of carboxylic acid groups (broad SMARTS) is 1. The number of rotatable bonds is 5. The van der Waals surface area contributed by atoms with Crippen LogP contribution in [0.2, 0.25) is 0 Å². The van der Waals surface area contributed by atoms with E-state index in [4.69, 9.17) is 4.98 Å². The second kappa shape index (κ2) is 8.30. The number of carbonyl (C=O) groups is 1. The van der Waals surface area contributed by atoms with Gasteiger partial charge in [-0.15, -0.1) is 0 Å². The normalized spacial score (nSPS) is 12.4. The van der Waals surface area contributed by atoms with Crippen molar-refractivity contribution in [2.24, 2.45) is 0 Å². The first-order valence-electron chi connectivity index (χ1n) is 10.9. The molecule has 0 unspecified atom stereocenters. The Kier molecular flexibility index (Phi) is 5.19. The van der Waals surface area contributed by atoms with Crippen LogP contribution < -0.4 is 0 Å². The Morgan fingerprint density at radius 1 is 0.844 bits per heavy atom. The Balaban J connectivity index is 1.85. The molecule has 0 aromatic carbocycles. The van der Waals surface area contributed by atoms with Crippen molar-refractivity contribution < 1.29 is 9.90 Å². The van der Waals surface area contributed by atoms with Crippen LogP contribution in [0.15, 0.2) is 36.4 Å². The summed E-state index contributed by atoms with van der Waals surface area (Å²) < 4.78 is 0. The van der Waals surface area contributed by atoms with E-state index in [-0.39, 0.29) is 5.56 Å². The van der Waals surface area contributed by atoms with Crippen LogP contribution in [0.5, 0.6) is 0 Å². The number of aromatic amines is 2. The highest BCUT2D eigenvalue weighted by atomic mass is 16.4. The summed E-state index contributed by atoms with van der Waals surface area (Å²) >= 11 is 0. The zero-order valence-corrected chi connectivity index (χ0v) is 17.9. The molecule has 6 heteroatoms. The number of fused-ring (bicyclic) bond motifs is 8. The van der Waals surface area contributed by atoms with Crippen LogP contribution in [-0.2, 0) is 6.42 Å². The van der Waals surface area contributed by atoms with Crippen molar-refractivity contribution in [3.8, 4) is 0 Å². The molecular formula is C26H24N4O2. The number of nitrogens with zero attached hydrogens (tertiary/aromatic N) is 2. The van der Waals surface area contributed by atoms with Crippen LogP contribution in [0.4, 0.5) is 0 Å². The van der Waals surface area contributed by atoms with Crippen molar-refractivity contribution in [1.82, 2.24) is 19.9 Å². The summed E-state index contributed by atoms with van der Waals surface area (Å²) in [6.07, 6.45) is 11.4. The van der Waals surface area contributed by atoms with E-state index in [0.717, 1.165) is 59.0 Å². The van der Waals surface area contributed by atoms with E-state index in [0.29, 0.717) is 17.1 Å². The van der Waals surface area contributed by atoms with Crippen LogP contribution >= 0.6 is 0 Å². The predicted octanol–water partition coefficient (Wildman–Crippen LogP) is 6.09. The highest BCUT2D eigenvalue weighted by Gasteiger charge is 2.19. The van der Waals surface area contributed by atoms with Crippen LogP contribution in [0.1, 0.15) is 64.9 Å². The third kappa shape index (κ3) is 3.87. The predicted molar refractivity (Wildman–Crippen MR) is 129 cm³/mol. The summed E-state index contributed by atoms with van der Waals surface area (Å²) in [5, 5.41) is 9.94. The standard InChI is InChI=1S/C26H24N4O2/c1-2-3-4-5-20-21-10-8-18(28-21)14-16-6-7-17(27-16)15-19-9-11-23(29-19)25(26(31)32)24-13-12-22(20)30-24/h6-15,27-28H,2-5H2,1H3,(H,31,32). The third-order valence-corrected chi connectivity index (χ3v) is 5.75. The number of aromatic nitrogens is 4. The lowest BCUT2D eigenvalue weighted by Crippen LogP contribution is -2.03. The van der Waals surface area contributed by atoms with E-state index in [2.05, 4.69) is 40.1 Å². The topological polar surface area (TPSA) is 94.7 Å². The van der Waals surface area contributed by atoms with Gasteiger partial charge in [-0.2, -0.15) is 0 Å². The fraction of sp³-hybridized carbons (Fsp3) is 0.192. The molecule has 0 atom stereocenters. The zero-order valence-electron chi connectivity index (χ0n) is 17.9. The molecule has 2 aliphatic rings. The summed E-state index contributed by atoms with van der Waals surface area (Å²) in [6, 6.07) is 12.1. The molecule has 0 saturated carbocycles. The van der Waals surface area contributed by atoms with Crippen molar-refractivity contribution in [2.75, 3.05) is 0 Å². The quantitative estimate of drug-likeness (QED) is 0.298. The molecule has 5 heterocycles. The molecule has 8 bridgehead atoms. The lowest BCUT2D eigenvalue weighted by atomic mass is 10.1. The van der Waals surface area contributed by atoms with Crippen LogP contribution in [0, 0.1) is 0 Å². The Morgan fingerprint density at radius 2 is 1.53 bits per heavy atom. The molecule has 0 amide bonds. The first-order chi connectivity index (χ1) is 15.6. The van der Waals surface area contributed by atoms with Crippen LogP contribution in [0.25, 0.3) is 46.4 Å². The molecule has 160 valence electrons. The van der Waals surface area contributed by atoms with Gasteiger partial charge in [0.15, 0.2) is 0 Å². The lowest BCUT2D eigenvalue weighted by molar-refractivity contribution is 0.0696. The van der Waals surface area contributed by atoms with E-state index >= 15 is 0 Å². The smallest absolute Gasteiger partial charge is 0.340 e.